The molecule has 1 aromatic heterocycles. The highest BCUT2D eigenvalue weighted by molar-refractivity contribution is 5.38. The van der Waals surface area contributed by atoms with Crippen molar-refractivity contribution in [3.63, 3.8) is 0 Å². The summed E-state index contributed by atoms with van der Waals surface area (Å²) in [5.41, 5.74) is 7.22. The fraction of sp³-hybridized carbons (Fsp3) is 0.769. The van der Waals surface area contributed by atoms with Gasteiger partial charge in [-0.1, -0.05) is 0 Å². The van der Waals surface area contributed by atoms with Crippen molar-refractivity contribution >= 4 is 5.82 Å². The summed E-state index contributed by atoms with van der Waals surface area (Å²) >= 11 is 0. The van der Waals surface area contributed by atoms with Crippen molar-refractivity contribution < 1.29 is 0 Å². The lowest BCUT2D eigenvalue weighted by Crippen LogP contribution is -2.44. The lowest BCUT2D eigenvalue weighted by molar-refractivity contribution is -0.00377. The third kappa shape index (κ3) is 1.12. The first-order chi connectivity index (χ1) is 7.81. The molecule has 3 heteroatoms. The van der Waals surface area contributed by atoms with Gasteiger partial charge >= 0.3 is 0 Å². The molecule has 1 aromatic rings. The fourth-order valence-corrected chi connectivity index (χ4v) is 4.98. The molecule has 0 unspecified atom stereocenters. The molecular formula is C13H19N3. The zero-order valence-electron chi connectivity index (χ0n) is 9.52. The number of nitrogen functional groups attached to an aromatic ring is 1. The van der Waals surface area contributed by atoms with Crippen LogP contribution < -0.4 is 5.73 Å². The van der Waals surface area contributed by atoms with Crippen LogP contribution >= 0.6 is 0 Å². The molecule has 4 aliphatic carbocycles. The Labute approximate surface area is 95.8 Å². The van der Waals surface area contributed by atoms with Gasteiger partial charge in [-0.2, -0.15) is 0 Å². The smallest absolute Gasteiger partial charge is 0.144 e. The van der Waals surface area contributed by atoms with E-state index >= 15 is 0 Å². The van der Waals surface area contributed by atoms with Gasteiger partial charge < -0.3 is 10.7 Å². The second-order valence-corrected chi connectivity index (χ2v) is 6.16. The van der Waals surface area contributed by atoms with Gasteiger partial charge in [0.05, 0.1) is 12.0 Å². The molecule has 5 rings (SSSR count). The Hall–Kier alpha value is -0.990. The number of nitrogens with zero attached hydrogens (tertiary/aromatic N) is 1. The van der Waals surface area contributed by atoms with Crippen LogP contribution in [0.5, 0.6) is 0 Å². The maximum absolute atomic E-state index is 5.98. The summed E-state index contributed by atoms with van der Waals surface area (Å²) in [6, 6.07) is 0. The molecule has 3 nitrogen and oxygen atoms in total. The van der Waals surface area contributed by atoms with Gasteiger partial charge in [0.25, 0.3) is 0 Å². The van der Waals surface area contributed by atoms with Gasteiger partial charge in [0.2, 0.25) is 0 Å². The molecule has 0 saturated heterocycles. The summed E-state index contributed by atoms with van der Waals surface area (Å²) in [7, 11) is 0. The molecule has 0 radical (unpaired) electrons. The molecule has 4 saturated carbocycles. The monoisotopic (exact) mass is 217 g/mol. The first-order valence-corrected chi connectivity index (χ1v) is 6.60. The minimum atomic E-state index is 0.690. The van der Waals surface area contributed by atoms with Crippen molar-refractivity contribution in [3.8, 4) is 0 Å². The van der Waals surface area contributed by atoms with Crippen LogP contribution in [0, 0.1) is 23.7 Å². The number of hydrogen-bond donors (Lipinski definition) is 2. The minimum Gasteiger partial charge on any atom is -0.382 e. The lowest BCUT2D eigenvalue weighted by atomic mass is 9.51. The maximum Gasteiger partial charge on any atom is 0.144 e. The second kappa shape index (κ2) is 3.02. The summed E-state index contributed by atoms with van der Waals surface area (Å²) in [4.78, 5) is 7.47. The Kier molecular flexibility index (Phi) is 1.72. The number of rotatable bonds is 1. The molecule has 0 spiro atoms. The predicted octanol–water partition coefficient (Wildman–Crippen LogP) is 2.53. The van der Waals surface area contributed by atoms with Gasteiger partial charge in [-0.05, 0) is 55.8 Å². The van der Waals surface area contributed by atoms with Crippen LogP contribution in [0.3, 0.4) is 0 Å². The molecule has 0 amide bonds. The number of aromatic nitrogens is 2. The van der Waals surface area contributed by atoms with Gasteiger partial charge in [0, 0.05) is 5.92 Å². The Bertz CT molecular complexity index is 381. The predicted molar refractivity (Wildman–Crippen MR) is 62.8 cm³/mol. The molecule has 3 N–H and O–H groups in total. The highest BCUT2D eigenvalue weighted by atomic mass is 15.0. The van der Waals surface area contributed by atoms with E-state index in [-0.39, 0.29) is 0 Å². The van der Waals surface area contributed by atoms with Gasteiger partial charge in [-0.25, -0.2) is 4.98 Å². The standard InChI is InChI=1S/C13H19N3/c14-13-12(15-6-16-13)11-9-2-7-1-8(4-9)5-10(11)3-7/h6-11H,1-5,14H2,(H,15,16). The van der Waals surface area contributed by atoms with E-state index in [4.69, 9.17) is 5.73 Å². The molecule has 0 atom stereocenters. The number of nitrogens with one attached hydrogen (secondary N) is 1. The zero-order chi connectivity index (χ0) is 10.7. The Morgan fingerprint density at radius 2 is 1.69 bits per heavy atom. The number of aromatic amines is 1. The lowest BCUT2D eigenvalue weighted by Gasteiger charge is -2.54. The summed E-state index contributed by atoms with van der Waals surface area (Å²) < 4.78 is 0. The number of H-pyrrole nitrogens is 1. The van der Waals surface area contributed by atoms with Gasteiger partial charge in [-0.3, -0.25) is 0 Å². The summed E-state index contributed by atoms with van der Waals surface area (Å²) in [5, 5.41) is 0. The summed E-state index contributed by atoms with van der Waals surface area (Å²) in [6.07, 6.45) is 9.03. The normalized spacial score (nSPS) is 45.1. The van der Waals surface area contributed by atoms with E-state index in [1.807, 2.05) is 0 Å². The number of hydrogen-bond acceptors (Lipinski definition) is 2. The summed E-state index contributed by atoms with van der Waals surface area (Å²) in [5.74, 6) is 5.27. The van der Waals surface area contributed by atoms with Crippen molar-refractivity contribution in [3.05, 3.63) is 12.0 Å². The van der Waals surface area contributed by atoms with E-state index in [0.717, 1.165) is 29.5 Å². The number of nitrogens with two attached hydrogens (primary N) is 1. The largest absolute Gasteiger partial charge is 0.382 e. The topological polar surface area (TPSA) is 54.7 Å². The quantitative estimate of drug-likeness (QED) is 0.759. The zero-order valence-corrected chi connectivity index (χ0v) is 9.52. The first kappa shape index (κ1) is 9.08. The minimum absolute atomic E-state index is 0.690. The van der Waals surface area contributed by atoms with Gasteiger partial charge in [0.1, 0.15) is 5.82 Å². The highest BCUT2D eigenvalue weighted by Crippen LogP contribution is 2.59. The Balaban J connectivity index is 1.72. The average molecular weight is 217 g/mol. The molecule has 0 aliphatic heterocycles. The third-order valence-corrected chi connectivity index (χ3v) is 5.26. The van der Waals surface area contributed by atoms with Crippen LogP contribution in [-0.2, 0) is 0 Å². The highest BCUT2D eigenvalue weighted by Gasteiger charge is 2.49. The van der Waals surface area contributed by atoms with Crippen molar-refractivity contribution in [2.24, 2.45) is 23.7 Å². The van der Waals surface area contributed by atoms with Crippen LogP contribution in [0.25, 0.3) is 0 Å². The van der Waals surface area contributed by atoms with E-state index in [0.29, 0.717) is 5.92 Å². The number of anilines is 1. The Morgan fingerprint density at radius 3 is 2.19 bits per heavy atom. The van der Waals surface area contributed by atoms with E-state index in [1.54, 1.807) is 6.33 Å². The van der Waals surface area contributed by atoms with Crippen LogP contribution in [0.4, 0.5) is 5.82 Å². The van der Waals surface area contributed by atoms with Gasteiger partial charge in [0.15, 0.2) is 0 Å². The van der Waals surface area contributed by atoms with E-state index in [2.05, 4.69) is 9.97 Å². The molecule has 0 aromatic carbocycles. The molecule has 4 fully saturated rings. The van der Waals surface area contributed by atoms with Crippen LogP contribution in [0.2, 0.25) is 0 Å². The molecule has 4 aliphatic rings. The maximum atomic E-state index is 5.98. The van der Waals surface area contributed by atoms with E-state index < -0.39 is 0 Å². The summed E-state index contributed by atoms with van der Waals surface area (Å²) in [6.45, 7) is 0. The fourth-order valence-electron chi connectivity index (χ4n) is 4.98. The van der Waals surface area contributed by atoms with Crippen LogP contribution in [0.15, 0.2) is 6.33 Å². The van der Waals surface area contributed by atoms with Crippen molar-refractivity contribution in [1.82, 2.24) is 9.97 Å². The third-order valence-electron chi connectivity index (χ3n) is 5.26. The van der Waals surface area contributed by atoms with E-state index in [9.17, 15) is 0 Å². The average Bonchev–Trinajstić information content (AvgIpc) is 2.63. The molecule has 1 heterocycles. The SMILES string of the molecule is Nc1nc[nH]c1C1C2CC3CC(C2)CC1C3. The van der Waals surface area contributed by atoms with Crippen molar-refractivity contribution in [1.29, 1.82) is 0 Å². The van der Waals surface area contributed by atoms with Crippen molar-refractivity contribution in [2.45, 2.75) is 38.0 Å². The van der Waals surface area contributed by atoms with Crippen LogP contribution in [0.1, 0.15) is 43.7 Å². The molecule has 86 valence electrons. The van der Waals surface area contributed by atoms with Crippen molar-refractivity contribution in [2.75, 3.05) is 5.73 Å². The van der Waals surface area contributed by atoms with Crippen LogP contribution in [-0.4, -0.2) is 9.97 Å². The molecular weight excluding hydrogens is 198 g/mol. The Morgan fingerprint density at radius 1 is 1.06 bits per heavy atom. The molecule has 16 heavy (non-hydrogen) atoms. The first-order valence-electron chi connectivity index (χ1n) is 6.60. The molecule has 4 bridgehead atoms. The number of imidazole rings is 1. The van der Waals surface area contributed by atoms with E-state index in [1.165, 1.54) is 37.8 Å². The van der Waals surface area contributed by atoms with Gasteiger partial charge in [-0.15, -0.1) is 0 Å². The second-order valence-electron chi connectivity index (χ2n) is 6.16.